The van der Waals surface area contributed by atoms with Crippen LogP contribution in [0.25, 0.3) is 17.0 Å². The summed E-state index contributed by atoms with van der Waals surface area (Å²) in [4.78, 5) is 22.2. The highest BCUT2D eigenvalue weighted by molar-refractivity contribution is 5.83. The van der Waals surface area contributed by atoms with E-state index in [0.717, 1.165) is 54.5 Å². The van der Waals surface area contributed by atoms with Crippen LogP contribution in [0.5, 0.6) is 5.75 Å². The van der Waals surface area contributed by atoms with Gasteiger partial charge in [-0.15, -0.1) is 0 Å². The second-order valence-electron chi connectivity index (χ2n) is 10.3. The van der Waals surface area contributed by atoms with Gasteiger partial charge < -0.3 is 25.0 Å². The fraction of sp³-hybridized carbons (Fsp3) is 0.375. The molecule has 9 nitrogen and oxygen atoms in total. The van der Waals surface area contributed by atoms with Crippen molar-refractivity contribution in [1.82, 2.24) is 10.3 Å². The number of aliphatic carboxylic acids is 2. The van der Waals surface area contributed by atoms with Gasteiger partial charge in [0.2, 0.25) is 0 Å². The smallest absolute Gasteiger partial charge is 0.490 e. The lowest BCUT2D eigenvalue weighted by atomic mass is 9.93. The Balaban J connectivity index is 0.000000500. The van der Waals surface area contributed by atoms with Gasteiger partial charge in [-0.25, -0.2) is 18.4 Å². The number of ether oxygens (including phenoxy) is 2. The van der Waals surface area contributed by atoms with Crippen LogP contribution in [0.1, 0.15) is 36.8 Å². The first kappa shape index (κ1) is 40.4. The van der Waals surface area contributed by atoms with Gasteiger partial charge in [0, 0.05) is 29.7 Å². The molecule has 1 aliphatic rings. The van der Waals surface area contributed by atoms with E-state index in [1.54, 1.807) is 19.3 Å². The number of carboxylic acid groups (broad SMARTS) is 2. The summed E-state index contributed by atoms with van der Waals surface area (Å²) in [7, 11) is 1.66. The number of aromatic nitrogens is 1. The second-order valence-corrected chi connectivity index (χ2v) is 10.3. The first-order valence-corrected chi connectivity index (χ1v) is 14.4. The molecular formula is C32H31F8N3O6. The minimum atomic E-state index is -5.08. The Morgan fingerprint density at radius 3 is 2.29 bits per heavy atom. The topological polar surface area (TPSA) is 142 Å². The first-order valence-electron chi connectivity index (χ1n) is 14.4. The van der Waals surface area contributed by atoms with Gasteiger partial charge in [-0.3, -0.25) is 4.98 Å². The number of nitrogens with zero attached hydrogens (tertiary/aromatic N) is 2. The minimum Gasteiger partial charge on any atom is -0.497 e. The Morgan fingerprint density at radius 1 is 1.04 bits per heavy atom. The van der Waals surface area contributed by atoms with Gasteiger partial charge in [-0.2, -0.15) is 31.6 Å². The molecule has 0 spiro atoms. The predicted octanol–water partition coefficient (Wildman–Crippen LogP) is 6.85. The lowest BCUT2D eigenvalue weighted by molar-refractivity contribution is -0.193. The zero-order chi connectivity index (χ0) is 36.8. The first-order chi connectivity index (χ1) is 23.0. The van der Waals surface area contributed by atoms with E-state index in [4.69, 9.17) is 29.3 Å². The maximum absolute atomic E-state index is 13.8. The molecule has 0 bridgehead atoms. The quantitative estimate of drug-likeness (QED) is 0.204. The van der Waals surface area contributed by atoms with E-state index >= 15 is 0 Å². The molecular weight excluding hydrogens is 674 g/mol. The zero-order valence-corrected chi connectivity index (χ0v) is 25.7. The van der Waals surface area contributed by atoms with Crippen molar-refractivity contribution in [2.45, 2.75) is 62.7 Å². The number of benzene rings is 2. The number of nitriles is 1. The molecule has 1 aliphatic heterocycles. The molecule has 3 N–H and O–H groups in total. The largest absolute Gasteiger partial charge is 0.497 e. The predicted molar refractivity (Wildman–Crippen MR) is 159 cm³/mol. The van der Waals surface area contributed by atoms with Crippen LogP contribution >= 0.6 is 0 Å². The zero-order valence-electron chi connectivity index (χ0n) is 25.7. The number of fused-ring (bicyclic) bond motifs is 1. The maximum Gasteiger partial charge on any atom is 0.490 e. The van der Waals surface area contributed by atoms with E-state index < -0.39 is 35.9 Å². The molecule has 17 heteroatoms. The van der Waals surface area contributed by atoms with E-state index in [9.17, 15) is 40.4 Å². The number of halogens is 8. The summed E-state index contributed by atoms with van der Waals surface area (Å²) in [5, 5.41) is 28.0. The van der Waals surface area contributed by atoms with Crippen LogP contribution in [0.3, 0.4) is 0 Å². The van der Waals surface area contributed by atoms with E-state index in [0.29, 0.717) is 13.0 Å². The van der Waals surface area contributed by atoms with E-state index in [1.807, 2.05) is 30.5 Å². The SMILES string of the molecule is COc1ccc2nccc(CC[C@@H]3CC[C@@H](NC/C=C/c4cc(F)ccc4F)[C@@H](CC#N)O3)c2c1.O=C(O)C(F)(F)F.O=C(O)C(F)(F)F. The van der Waals surface area contributed by atoms with Crippen molar-refractivity contribution in [2.24, 2.45) is 0 Å². The van der Waals surface area contributed by atoms with Gasteiger partial charge in [-0.1, -0.05) is 12.2 Å². The van der Waals surface area contributed by atoms with Crippen molar-refractivity contribution in [3.8, 4) is 11.8 Å². The molecule has 3 atom stereocenters. The average Bonchev–Trinajstić information content (AvgIpc) is 3.04. The number of pyridine rings is 1. The number of hydrogen-bond donors (Lipinski definition) is 3. The molecule has 2 heterocycles. The molecule has 2 aromatic carbocycles. The van der Waals surface area contributed by atoms with Crippen LogP contribution in [-0.2, 0) is 20.7 Å². The van der Waals surface area contributed by atoms with E-state index in [2.05, 4.69) is 16.4 Å². The third-order valence-electron chi connectivity index (χ3n) is 6.92. The summed E-state index contributed by atoms with van der Waals surface area (Å²) in [6.45, 7) is 0.474. The summed E-state index contributed by atoms with van der Waals surface area (Å²) in [5.74, 6) is -5.65. The molecule has 1 fully saturated rings. The minimum absolute atomic E-state index is 0.0268. The third-order valence-corrected chi connectivity index (χ3v) is 6.92. The number of nitrogens with one attached hydrogen (secondary N) is 1. The number of aryl methyl sites for hydroxylation is 1. The molecule has 4 rings (SSSR count). The molecule has 0 aliphatic carbocycles. The van der Waals surface area contributed by atoms with Crippen LogP contribution in [0.4, 0.5) is 35.1 Å². The number of alkyl halides is 6. The van der Waals surface area contributed by atoms with Crippen molar-refractivity contribution in [2.75, 3.05) is 13.7 Å². The molecule has 1 saturated heterocycles. The van der Waals surface area contributed by atoms with Crippen molar-refractivity contribution in [3.05, 3.63) is 77.5 Å². The second kappa shape index (κ2) is 18.7. The monoisotopic (exact) mass is 705 g/mol. The Hall–Kier alpha value is -4.82. The average molecular weight is 706 g/mol. The highest BCUT2D eigenvalue weighted by Gasteiger charge is 2.39. The molecule has 0 saturated carbocycles. The summed E-state index contributed by atoms with van der Waals surface area (Å²) >= 11 is 0. The highest BCUT2D eigenvalue weighted by Crippen LogP contribution is 2.28. The normalized spacial score (nSPS) is 17.7. The molecule has 0 unspecified atom stereocenters. The fourth-order valence-electron chi connectivity index (χ4n) is 4.58. The van der Waals surface area contributed by atoms with Gasteiger partial charge in [-0.05, 0) is 73.7 Å². The van der Waals surface area contributed by atoms with Crippen molar-refractivity contribution in [1.29, 1.82) is 5.26 Å². The van der Waals surface area contributed by atoms with Crippen molar-refractivity contribution >= 4 is 28.9 Å². The maximum atomic E-state index is 13.8. The Bertz CT molecular complexity index is 1600. The van der Waals surface area contributed by atoms with Crippen molar-refractivity contribution in [3.63, 3.8) is 0 Å². The lowest BCUT2D eigenvalue weighted by Gasteiger charge is -2.36. The third kappa shape index (κ3) is 13.7. The van der Waals surface area contributed by atoms with Gasteiger partial charge in [0.05, 0.1) is 37.3 Å². The molecule has 1 aromatic heterocycles. The van der Waals surface area contributed by atoms with Gasteiger partial charge in [0.25, 0.3) is 0 Å². The number of hydrogen-bond acceptors (Lipinski definition) is 7. The van der Waals surface area contributed by atoms with Crippen LogP contribution in [0, 0.1) is 23.0 Å². The fourth-order valence-corrected chi connectivity index (χ4v) is 4.58. The number of carbonyl (C=O) groups is 2. The Labute approximate surface area is 274 Å². The number of rotatable bonds is 9. The molecule has 3 aromatic rings. The Kier molecular flexibility index (Phi) is 15.4. The highest BCUT2D eigenvalue weighted by atomic mass is 19.4. The number of methoxy groups -OCH3 is 1. The van der Waals surface area contributed by atoms with Crippen LogP contribution in [0.15, 0.2) is 54.7 Å². The molecule has 49 heavy (non-hydrogen) atoms. The van der Waals surface area contributed by atoms with Crippen molar-refractivity contribution < 1.29 is 64.4 Å². The molecule has 0 radical (unpaired) electrons. The summed E-state index contributed by atoms with van der Waals surface area (Å²) in [5.41, 5.74) is 2.34. The van der Waals surface area contributed by atoms with Gasteiger partial charge in [0.15, 0.2) is 0 Å². The lowest BCUT2D eigenvalue weighted by Crippen LogP contribution is -2.47. The van der Waals surface area contributed by atoms with Gasteiger partial charge in [0.1, 0.15) is 17.4 Å². The summed E-state index contributed by atoms with van der Waals surface area (Å²) in [6, 6.07) is 13.6. The van der Waals surface area contributed by atoms with Crippen LogP contribution in [-0.4, -0.2) is 71.4 Å². The standard InChI is InChI=1S/C28H29F2N3O2.2C2HF3O2/c1-34-23-8-10-26-24(18-23)19(13-16-33-26)4-6-22-7-11-27(28(35-22)12-14-31)32-15-2-3-20-17-21(29)5-9-25(20)30;2*3-2(4,5)1(6)7/h2-3,5,8-10,13,16-18,22,27-28,32H,4,6-7,11-12,15H2,1H3;2*(H,6,7)/b3-2+;;/t22-,27-,28-;;/m1../s1. The molecule has 0 amide bonds. The van der Waals surface area contributed by atoms with E-state index in [-0.39, 0.29) is 23.8 Å². The molecule has 266 valence electrons. The van der Waals surface area contributed by atoms with Crippen LogP contribution in [0.2, 0.25) is 0 Å². The van der Waals surface area contributed by atoms with Crippen LogP contribution < -0.4 is 10.1 Å². The Morgan fingerprint density at radius 2 is 1.69 bits per heavy atom. The summed E-state index contributed by atoms with van der Waals surface area (Å²) in [6.07, 6.45) is -1.41. The van der Waals surface area contributed by atoms with E-state index in [1.165, 1.54) is 11.6 Å². The van der Waals surface area contributed by atoms with Gasteiger partial charge >= 0.3 is 24.3 Å². The summed E-state index contributed by atoms with van der Waals surface area (Å²) < 4.78 is 102. The number of carboxylic acids is 2.